The van der Waals surface area contributed by atoms with Gasteiger partial charge < -0.3 is 18.9 Å². The van der Waals surface area contributed by atoms with Crippen LogP contribution >= 0.6 is 0 Å². The molecule has 0 unspecified atom stereocenters. The Hall–Kier alpha value is -3.88. The zero-order valence-corrected chi connectivity index (χ0v) is 30.9. The van der Waals surface area contributed by atoms with Crippen LogP contribution in [0.3, 0.4) is 0 Å². The van der Waals surface area contributed by atoms with Crippen molar-refractivity contribution in [2.24, 2.45) is 17.3 Å². The molecular weight excluding hydrogens is 626 g/mol. The molecular formula is C41H55N5O4. The zero-order valence-electron chi connectivity index (χ0n) is 30.9. The maximum absolute atomic E-state index is 14.7. The van der Waals surface area contributed by atoms with Crippen molar-refractivity contribution in [3.8, 4) is 11.4 Å². The molecule has 2 aromatic heterocycles. The molecule has 3 heterocycles. The van der Waals surface area contributed by atoms with Crippen LogP contribution in [0.25, 0.3) is 5.69 Å². The van der Waals surface area contributed by atoms with Crippen molar-refractivity contribution in [3.05, 3.63) is 65.9 Å². The summed E-state index contributed by atoms with van der Waals surface area (Å²) in [4.78, 5) is 40.6. The monoisotopic (exact) mass is 681 g/mol. The van der Waals surface area contributed by atoms with E-state index in [1.54, 1.807) is 12.0 Å². The number of fused-ring (bicyclic) bond motifs is 3. The van der Waals surface area contributed by atoms with Crippen LogP contribution in [0.15, 0.2) is 49.1 Å². The van der Waals surface area contributed by atoms with Crippen molar-refractivity contribution < 1.29 is 19.1 Å². The van der Waals surface area contributed by atoms with Gasteiger partial charge in [0.2, 0.25) is 5.91 Å². The molecule has 5 fully saturated rings. The molecule has 0 radical (unpaired) electrons. The third-order valence-electron chi connectivity index (χ3n) is 12.4. The van der Waals surface area contributed by atoms with Gasteiger partial charge in [-0.05, 0) is 111 Å². The number of imidazole rings is 1. The van der Waals surface area contributed by atoms with Crippen molar-refractivity contribution in [1.82, 2.24) is 19.4 Å². The van der Waals surface area contributed by atoms with E-state index in [0.717, 1.165) is 68.7 Å². The molecule has 268 valence electrons. The molecule has 0 atom stereocenters. The van der Waals surface area contributed by atoms with Gasteiger partial charge in [-0.2, -0.15) is 0 Å². The lowest BCUT2D eigenvalue weighted by Crippen LogP contribution is -2.52. The van der Waals surface area contributed by atoms with Gasteiger partial charge >= 0.3 is 6.09 Å². The lowest BCUT2D eigenvalue weighted by atomic mass is 9.51. The van der Waals surface area contributed by atoms with Gasteiger partial charge in [-0.3, -0.25) is 9.69 Å². The first-order valence-electron chi connectivity index (χ1n) is 18.8. The number of carbonyl (C=O) groups excluding carboxylic acids is 2. The van der Waals surface area contributed by atoms with Crippen LogP contribution in [0.5, 0.6) is 5.75 Å². The molecule has 2 bridgehead atoms. The Balaban J connectivity index is 1.10. The van der Waals surface area contributed by atoms with E-state index in [4.69, 9.17) is 14.5 Å². The van der Waals surface area contributed by atoms with Gasteiger partial charge in [-0.1, -0.05) is 39.8 Å². The number of hydrogen-bond acceptors (Lipinski definition) is 6. The second-order valence-electron chi connectivity index (χ2n) is 17.0. The number of hydrogen-bond donors (Lipinski definition) is 0. The average Bonchev–Trinajstić information content (AvgIpc) is 3.62. The average molecular weight is 682 g/mol. The van der Waals surface area contributed by atoms with Crippen LogP contribution in [0.4, 0.5) is 10.6 Å². The molecule has 9 nitrogen and oxygen atoms in total. The third-order valence-corrected chi connectivity index (χ3v) is 12.4. The highest BCUT2D eigenvalue weighted by Crippen LogP contribution is 2.58. The van der Waals surface area contributed by atoms with Crippen LogP contribution in [0.1, 0.15) is 109 Å². The number of pyridine rings is 1. The first-order chi connectivity index (χ1) is 23.9. The molecule has 5 aliphatic rings. The number of aryl methyl sites for hydroxylation is 1. The van der Waals surface area contributed by atoms with Gasteiger partial charge in [0.1, 0.15) is 17.7 Å². The SMILES string of the molecule is COc1ccc(C23CCC(CN(c4cc(-n5cnc(C(C)(C)C)c5)ccn4)C(=O)[C@H]4CC[C@H](OC(=O)N5CC(C)C5)CC4)(CC2)CC3)cc1C. The van der Waals surface area contributed by atoms with Crippen molar-refractivity contribution in [2.75, 3.05) is 31.6 Å². The Morgan fingerprint density at radius 1 is 0.960 bits per heavy atom. The predicted octanol–water partition coefficient (Wildman–Crippen LogP) is 8.15. The number of likely N-dealkylation sites (tertiary alicyclic amines) is 1. The summed E-state index contributed by atoms with van der Waals surface area (Å²) in [6.45, 7) is 13.0. The summed E-state index contributed by atoms with van der Waals surface area (Å²) in [5.41, 5.74) is 4.78. The highest BCUT2D eigenvalue weighted by molar-refractivity contribution is 5.94. The Morgan fingerprint density at radius 3 is 2.26 bits per heavy atom. The van der Waals surface area contributed by atoms with Crippen LogP contribution in [-0.4, -0.2) is 64.3 Å². The number of carbonyl (C=O) groups is 2. The zero-order chi connectivity index (χ0) is 35.3. The topological polar surface area (TPSA) is 89.8 Å². The van der Waals surface area contributed by atoms with Gasteiger partial charge in [-0.15, -0.1) is 0 Å². The molecule has 0 spiro atoms. The van der Waals surface area contributed by atoms with E-state index in [2.05, 4.69) is 70.1 Å². The lowest BCUT2D eigenvalue weighted by molar-refractivity contribution is -0.124. The summed E-state index contributed by atoms with van der Waals surface area (Å²) in [5, 5.41) is 0. The molecule has 3 aromatic rings. The minimum atomic E-state index is -0.204. The minimum Gasteiger partial charge on any atom is -0.496 e. The molecule has 4 saturated carbocycles. The smallest absolute Gasteiger partial charge is 0.410 e. The predicted molar refractivity (Wildman–Crippen MR) is 195 cm³/mol. The van der Waals surface area contributed by atoms with Gasteiger partial charge in [0, 0.05) is 49.4 Å². The summed E-state index contributed by atoms with van der Waals surface area (Å²) in [6.07, 6.45) is 15.0. The van der Waals surface area contributed by atoms with E-state index in [0.29, 0.717) is 44.0 Å². The number of methoxy groups -OCH3 is 1. The van der Waals surface area contributed by atoms with Gasteiger partial charge in [0.05, 0.1) is 24.8 Å². The minimum absolute atomic E-state index is 0.0616. The first kappa shape index (κ1) is 34.6. The number of aromatic nitrogens is 3. The number of ether oxygens (including phenoxy) is 2. The van der Waals surface area contributed by atoms with Gasteiger partial charge in [0.25, 0.3) is 0 Å². The Morgan fingerprint density at radius 2 is 1.66 bits per heavy atom. The maximum atomic E-state index is 14.7. The molecule has 1 aliphatic heterocycles. The summed E-state index contributed by atoms with van der Waals surface area (Å²) >= 11 is 0. The van der Waals surface area contributed by atoms with E-state index in [9.17, 15) is 9.59 Å². The number of amides is 2. The largest absolute Gasteiger partial charge is 0.496 e. The summed E-state index contributed by atoms with van der Waals surface area (Å²) in [7, 11) is 1.74. The Bertz CT molecular complexity index is 1690. The summed E-state index contributed by atoms with van der Waals surface area (Å²) in [6, 6.07) is 10.8. The molecule has 8 rings (SSSR count). The van der Waals surface area contributed by atoms with Crippen molar-refractivity contribution >= 4 is 17.8 Å². The fraction of sp³-hybridized carbons (Fsp3) is 0.610. The third kappa shape index (κ3) is 6.76. The van der Waals surface area contributed by atoms with Gasteiger partial charge in [0.15, 0.2) is 0 Å². The number of anilines is 1. The van der Waals surface area contributed by atoms with Gasteiger partial charge in [-0.25, -0.2) is 14.8 Å². The quantitative estimate of drug-likeness (QED) is 0.238. The number of nitrogens with zero attached hydrogens (tertiary/aromatic N) is 5. The maximum Gasteiger partial charge on any atom is 0.410 e. The summed E-state index contributed by atoms with van der Waals surface area (Å²) < 4.78 is 13.5. The van der Waals surface area contributed by atoms with Crippen LogP contribution in [0, 0.1) is 24.2 Å². The molecule has 1 aromatic carbocycles. The number of benzene rings is 1. The van der Waals surface area contributed by atoms with Crippen LogP contribution in [-0.2, 0) is 20.4 Å². The van der Waals surface area contributed by atoms with Crippen molar-refractivity contribution in [2.45, 2.75) is 116 Å². The van der Waals surface area contributed by atoms with E-state index in [1.165, 1.54) is 11.1 Å². The molecule has 0 N–H and O–H groups in total. The molecule has 50 heavy (non-hydrogen) atoms. The van der Waals surface area contributed by atoms with Crippen molar-refractivity contribution in [1.29, 1.82) is 0 Å². The fourth-order valence-corrected chi connectivity index (χ4v) is 9.03. The number of rotatable bonds is 8. The Labute approximate surface area is 297 Å². The molecule has 9 heteroatoms. The molecule has 2 amide bonds. The second kappa shape index (κ2) is 13.3. The molecule has 4 aliphatic carbocycles. The standard InChI is InChI=1S/C41H55N5O4/c1-28-23-44(24-28)38(48)50-33-10-7-30(8-11-33)37(47)46(36-22-32(13-20-42-36)45-25-35(43-27-45)39(3,4)5)26-40-14-17-41(18-15-40,19-16-40)31-9-12-34(49-6)29(2)21-31/h9,12-13,20-22,25,27-28,30,33H,7-8,10-11,14-19,23-24,26H2,1-6H3/t30-,33-,40?,41?. The first-order valence-corrected chi connectivity index (χ1v) is 18.8. The fourth-order valence-electron chi connectivity index (χ4n) is 9.03. The highest BCUT2D eigenvalue weighted by atomic mass is 16.6. The van der Waals surface area contributed by atoms with E-state index in [1.807, 2.05) is 28.1 Å². The Kier molecular flexibility index (Phi) is 9.23. The van der Waals surface area contributed by atoms with Crippen molar-refractivity contribution in [3.63, 3.8) is 0 Å². The second-order valence-corrected chi connectivity index (χ2v) is 17.0. The van der Waals surface area contributed by atoms with E-state index in [-0.39, 0.29) is 40.3 Å². The van der Waals surface area contributed by atoms with E-state index >= 15 is 0 Å². The van der Waals surface area contributed by atoms with E-state index < -0.39 is 0 Å². The lowest BCUT2D eigenvalue weighted by Gasteiger charge is -2.55. The van der Waals surface area contributed by atoms with Crippen LogP contribution < -0.4 is 9.64 Å². The van der Waals surface area contributed by atoms with Crippen LogP contribution in [0.2, 0.25) is 0 Å². The summed E-state index contributed by atoms with van der Waals surface area (Å²) in [5.74, 6) is 2.23. The normalized spacial score (nSPS) is 26.7. The molecule has 1 saturated heterocycles. The highest BCUT2D eigenvalue weighted by Gasteiger charge is 2.51.